The number of aryl methyl sites for hydroxylation is 1. The van der Waals surface area contributed by atoms with Crippen molar-refractivity contribution >= 4 is 5.91 Å². The highest BCUT2D eigenvalue weighted by Crippen LogP contribution is 2.15. The van der Waals surface area contributed by atoms with Crippen LogP contribution in [-0.4, -0.2) is 66.1 Å². The maximum atomic E-state index is 12.4. The molecule has 0 bridgehead atoms. The second-order valence-electron chi connectivity index (χ2n) is 6.11. The molecule has 6 heteroatoms. The van der Waals surface area contributed by atoms with Crippen LogP contribution in [0.25, 0.3) is 0 Å². The molecule has 2 saturated heterocycles. The van der Waals surface area contributed by atoms with Crippen LogP contribution >= 0.6 is 0 Å². The first-order valence-corrected chi connectivity index (χ1v) is 7.96. The van der Waals surface area contributed by atoms with Crippen LogP contribution in [-0.2, 0) is 4.74 Å². The summed E-state index contributed by atoms with van der Waals surface area (Å²) in [5.74, 6) is -0.169. The van der Waals surface area contributed by atoms with E-state index in [-0.39, 0.29) is 17.0 Å². The van der Waals surface area contributed by atoms with E-state index in [4.69, 9.17) is 4.74 Å². The molecule has 3 heterocycles. The van der Waals surface area contributed by atoms with Crippen LogP contribution in [0.4, 0.5) is 0 Å². The van der Waals surface area contributed by atoms with Crippen LogP contribution < -0.4 is 5.56 Å². The Kier molecular flexibility index (Phi) is 4.59. The van der Waals surface area contributed by atoms with Crippen LogP contribution in [0.5, 0.6) is 0 Å². The molecular formula is C16H23N3O3. The van der Waals surface area contributed by atoms with E-state index in [2.05, 4.69) is 9.88 Å². The van der Waals surface area contributed by atoms with Gasteiger partial charge in [-0.25, -0.2) is 0 Å². The fraction of sp³-hybridized carbons (Fsp3) is 0.625. The number of rotatable bonds is 3. The van der Waals surface area contributed by atoms with E-state index in [1.807, 2.05) is 0 Å². The number of ether oxygens (including phenoxy) is 1. The van der Waals surface area contributed by atoms with E-state index in [0.717, 1.165) is 44.8 Å². The number of piperazine rings is 1. The van der Waals surface area contributed by atoms with E-state index in [1.54, 1.807) is 24.0 Å². The number of carbonyl (C=O) groups excluding carboxylic acids is 1. The van der Waals surface area contributed by atoms with Gasteiger partial charge in [0, 0.05) is 45.0 Å². The highest BCUT2D eigenvalue weighted by Gasteiger charge is 2.26. The summed E-state index contributed by atoms with van der Waals surface area (Å²) in [6.07, 6.45) is 2.64. The van der Waals surface area contributed by atoms with Gasteiger partial charge in [0.05, 0.1) is 6.10 Å². The Morgan fingerprint density at radius 3 is 2.73 bits per heavy atom. The minimum Gasteiger partial charge on any atom is -0.377 e. The van der Waals surface area contributed by atoms with Crippen LogP contribution in [0.3, 0.4) is 0 Å². The lowest BCUT2D eigenvalue weighted by atomic mass is 10.2. The van der Waals surface area contributed by atoms with Crippen molar-refractivity contribution in [3.05, 3.63) is 33.7 Å². The van der Waals surface area contributed by atoms with Gasteiger partial charge in [-0.3, -0.25) is 14.5 Å². The molecule has 1 N–H and O–H groups in total. The summed E-state index contributed by atoms with van der Waals surface area (Å²) in [5.41, 5.74) is 0.702. The summed E-state index contributed by atoms with van der Waals surface area (Å²) >= 11 is 0. The van der Waals surface area contributed by atoms with Gasteiger partial charge in [-0.2, -0.15) is 0 Å². The van der Waals surface area contributed by atoms with Gasteiger partial charge in [-0.15, -0.1) is 0 Å². The highest BCUT2D eigenvalue weighted by atomic mass is 16.5. The third-order valence-corrected chi connectivity index (χ3v) is 4.43. The smallest absolute Gasteiger partial charge is 0.260 e. The van der Waals surface area contributed by atoms with Gasteiger partial charge in [0.25, 0.3) is 11.5 Å². The van der Waals surface area contributed by atoms with Crippen molar-refractivity contribution in [2.75, 3.05) is 39.3 Å². The molecule has 3 rings (SSSR count). The van der Waals surface area contributed by atoms with Crippen LogP contribution in [0.2, 0.25) is 0 Å². The maximum Gasteiger partial charge on any atom is 0.260 e. The SMILES string of the molecule is Cc1ccc(C(=O)N2CCN(C[C@@H]3CCCO3)CC2)c(=O)[nH]1. The van der Waals surface area contributed by atoms with Crippen molar-refractivity contribution in [1.29, 1.82) is 0 Å². The number of carbonyl (C=O) groups is 1. The van der Waals surface area contributed by atoms with Crippen molar-refractivity contribution in [3.63, 3.8) is 0 Å². The molecule has 0 aromatic carbocycles. The Labute approximate surface area is 130 Å². The molecule has 1 aromatic rings. The molecular weight excluding hydrogens is 282 g/mol. The Bertz CT molecular complexity index is 585. The standard InChI is InChI=1S/C16H23N3O3/c1-12-4-5-14(15(20)17-12)16(21)19-8-6-18(7-9-19)11-13-3-2-10-22-13/h4-5,13H,2-3,6-11H2,1H3,(H,17,20)/t13-/m0/s1. The molecule has 2 fully saturated rings. The molecule has 2 aliphatic rings. The molecule has 1 amide bonds. The van der Waals surface area contributed by atoms with E-state index < -0.39 is 0 Å². The van der Waals surface area contributed by atoms with Gasteiger partial charge in [-0.1, -0.05) is 0 Å². The van der Waals surface area contributed by atoms with Gasteiger partial charge in [0.15, 0.2) is 0 Å². The van der Waals surface area contributed by atoms with Crippen molar-refractivity contribution in [2.24, 2.45) is 0 Å². The average molecular weight is 305 g/mol. The van der Waals surface area contributed by atoms with E-state index in [1.165, 1.54) is 0 Å². The van der Waals surface area contributed by atoms with Crippen molar-refractivity contribution in [2.45, 2.75) is 25.9 Å². The second kappa shape index (κ2) is 6.62. The lowest BCUT2D eigenvalue weighted by Gasteiger charge is -2.35. The predicted octanol–water partition coefficient (Wildman–Crippen LogP) is 0.620. The first-order valence-electron chi connectivity index (χ1n) is 7.96. The summed E-state index contributed by atoms with van der Waals surface area (Å²) in [7, 11) is 0. The fourth-order valence-electron chi connectivity index (χ4n) is 3.12. The summed E-state index contributed by atoms with van der Waals surface area (Å²) in [6.45, 7) is 6.65. The summed E-state index contributed by atoms with van der Waals surface area (Å²) in [5, 5.41) is 0. The molecule has 0 saturated carbocycles. The summed E-state index contributed by atoms with van der Waals surface area (Å²) in [4.78, 5) is 31.1. The van der Waals surface area contributed by atoms with Crippen LogP contribution in [0.15, 0.2) is 16.9 Å². The maximum absolute atomic E-state index is 12.4. The molecule has 0 unspecified atom stereocenters. The Hall–Kier alpha value is -1.66. The Morgan fingerprint density at radius 1 is 1.32 bits per heavy atom. The quantitative estimate of drug-likeness (QED) is 0.889. The van der Waals surface area contributed by atoms with Gasteiger partial charge in [0.1, 0.15) is 5.56 Å². The van der Waals surface area contributed by atoms with Gasteiger partial charge in [0.2, 0.25) is 0 Å². The summed E-state index contributed by atoms with van der Waals surface area (Å²) < 4.78 is 5.66. The number of H-pyrrole nitrogens is 1. The molecule has 22 heavy (non-hydrogen) atoms. The highest BCUT2D eigenvalue weighted by molar-refractivity contribution is 5.93. The third kappa shape index (κ3) is 3.39. The van der Waals surface area contributed by atoms with Gasteiger partial charge in [-0.05, 0) is 31.9 Å². The molecule has 0 radical (unpaired) electrons. The van der Waals surface area contributed by atoms with Crippen molar-refractivity contribution < 1.29 is 9.53 Å². The van der Waals surface area contributed by atoms with Crippen molar-refractivity contribution in [3.8, 4) is 0 Å². The Morgan fingerprint density at radius 2 is 2.09 bits per heavy atom. The van der Waals surface area contributed by atoms with Gasteiger partial charge >= 0.3 is 0 Å². The monoisotopic (exact) mass is 305 g/mol. The molecule has 6 nitrogen and oxygen atoms in total. The van der Waals surface area contributed by atoms with Crippen LogP contribution in [0, 0.1) is 6.92 Å². The number of pyridine rings is 1. The molecule has 0 spiro atoms. The number of aromatic nitrogens is 1. The number of aromatic amines is 1. The van der Waals surface area contributed by atoms with Gasteiger partial charge < -0.3 is 14.6 Å². The van der Waals surface area contributed by atoms with Crippen molar-refractivity contribution in [1.82, 2.24) is 14.8 Å². The molecule has 0 aliphatic carbocycles. The van der Waals surface area contributed by atoms with E-state index in [0.29, 0.717) is 19.2 Å². The number of hydrogen-bond donors (Lipinski definition) is 1. The Balaban J connectivity index is 1.56. The minimum absolute atomic E-state index is 0.169. The lowest BCUT2D eigenvalue weighted by Crippen LogP contribution is -2.51. The topological polar surface area (TPSA) is 65.6 Å². The second-order valence-corrected chi connectivity index (χ2v) is 6.11. The molecule has 1 aromatic heterocycles. The molecule has 2 aliphatic heterocycles. The first-order chi connectivity index (χ1) is 10.6. The zero-order valence-electron chi connectivity index (χ0n) is 13.0. The molecule has 1 atom stereocenters. The zero-order valence-corrected chi connectivity index (χ0v) is 13.0. The van der Waals surface area contributed by atoms with E-state index in [9.17, 15) is 9.59 Å². The largest absolute Gasteiger partial charge is 0.377 e. The predicted molar refractivity (Wildman–Crippen MR) is 83.1 cm³/mol. The number of nitrogens with zero attached hydrogens (tertiary/aromatic N) is 2. The lowest BCUT2D eigenvalue weighted by molar-refractivity contribution is 0.0432. The van der Waals surface area contributed by atoms with E-state index >= 15 is 0 Å². The number of amides is 1. The number of nitrogens with one attached hydrogen (secondary N) is 1. The minimum atomic E-state index is -0.299. The normalized spacial score (nSPS) is 23.0. The average Bonchev–Trinajstić information content (AvgIpc) is 3.00. The number of hydrogen-bond acceptors (Lipinski definition) is 4. The fourth-order valence-corrected chi connectivity index (χ4v) is 3.12. The third-order valence-electron chi connectivity index (χ3n) is 4.43. The van der Waals surface area contributed by atoms with Crippen LogP contribution in [0.1, 0.15) is 28.9 Å². The zero-order chi connectivity index (χ0) is 15.5. The first kappa shape index (κ1) is 15.2. The molecule has 120 valence electrons. The summed E-state index contributed by atoms with van der Waals surface area (Å²) in [6, 6.07) is 3.39.